The topological polar surface area (TPSA) is 0 Å². The monoisotopic (exact) mass is 136 g/mol. The van der Waals surface area contributed by atoms with Crippen molar-refractivity contribution in [2.75, 3.05) is 0 Å². The highest BCUT2D eigenvalue weighted by atomic mass is 19.4. The molecular weight excluding hydrogens is 129 g/mol. The lowest BCUT2D eigenvalue weighted by Crippen LogP contribution is -2.18. The van der Waals surface area contributed by atoms with Gasteiger partial charge in [-0.15, -0.1) is 12.3 Å². The van der Waals surface area contributed by atoms with Crippen LogP contribution in [0.15, 0.2) is 0 Å². The molecule has 0 aromatic heterocycles. The molecule has 9 heavy (non-hydrogen) atoms. The molecule has 0 aromatic carbocycles. The molecule has 0 rings (SSSR count). The summed E-state index contributed by atoms with van der Waals surface area (Å²) < 4.78 is 34.6. The van der Waals surface area contributed by atoms with Crippen molar-refractivity contribution in [1.82, 2.24) is 0 Å². The van der Waals surface area contributed by atoms with Gasteiger partial charge in [-0.05, 0) is 0 Å². The van der Waals surface area contributed by atoms with Crippen LogP contribution in [0.5, 0.6) is 0 Å². The number of terminal acetylenes is 1. The second kappa shape index (κ2) is 2.77. The van der Waals surface area contributed by atoms with Crippen molar-refractivity contribution >= 4 is 0 Å². The third-order valence-corrected chi connectivity index (χ3v) is 0.983. The number of rotatable bonds is 1. The van der Waals surface area contributed by atoms with Crippen LogP contribution in [0.1, 0.15) is 13.3 Å². The molecule has 0 aliphatic heterocycles. The molecule has 0 saturated carbocycles. The van der Waals surface area contributed by atoms with Crippen molar-refractivity contribution in [3.05, 3.63) is 0 Å². The van der Waals surface area contributed by atoms with Gasteiger partial charge in [0.1, 0.15) is 0 Å². The van der Waals surface area contributed by atoms with Crippen molar-refractivity contribution < 1.29 is 13.2 Å². The maximum absolute atomic E-state index is 11.5. The molecule has 0 unspecified atom stereocenters. The van der Waals surface area contributed by atoms with Gasteiger partial charge in [-0.1, -0.05) is 6.92 Å². The molecule has 0 aliphatic rings. The van der Waals surface area contributed by atoms with Crippen LogP contribution in [0, 0.1) is 18.3 Å². The van der Waals surface area contributed by atoms with Gasteiger partial charge in [-0.2, -0.15) is 13.2 Å². The first-order valence-electron chi connectivity index (χ1n) is 2.48. The van der Waals surface area contributed by atoms with Crippen molar-refractivity contribution in [3.8, 4) is 12.3 Å². The second-order valence-corrected chi connectivity index (χ2v) is 1.85. The van der Waals surface area contributed by atoms with Crippen LogP contribution in [0.3, 0.4) is 0 Å². The summed E-state index contributed by atoms with van der Waals surface area (Å²) in [5, 5.41) is 0. The van der Waals surface area contributed by atoms with Crippen LogP contribution >= 0.6 is 0 Å². The van der Waals surface area contributed by atoms with E-state index in [9.17, 15) is 13.2 Å². The van der Waals surface area contributed by atoms with E-state index in [1.165, 1.54) is 0 Å². The summed E-state index contributed by atoms with van der Waals surface area (Å²) in [5.41, 5.74) is 0. The van der Waals surface area contributed by atoms with E-state index in [1.807, 2.05) is 5.92 Å². The Morgan fingerprint density at radius 2 is 2.00 bits per heavy atom. The van der Waals surface area contributed by atoms with Crippen LogP contribution in [0.4, 0.5) is 13.2 Å². The number of halogens is 3. The third kappa shape index (κ3) is 3.02. The smallest absolute Gasteiger partial charge is 0.171 e. The van der Waals surface area contributed by atoms with Crippen molar-refractivity contribution in [2.45, 2.75) is 19.5 Å². The summed E-state index contributed by atoms with van der Waals surface area (Å²) in [7, 11) is 0. The first-order valence-corrected chi connectivity index (χ1v) is 2.48. The summed E-state index contributed by atoms with van der Waals surface area (Å²) >= 11 is 0. The van der Waals surface area contributed by atoms with Gasteiger partial charge in [0.05, 0.1) is 5.92 Å². The molecule has 0 spiro atoms. The molecule has 0 amide bonds. The molecule has 0 saturated heterocycles. The van der Waals surface area contributed by atoms with E-state index >= 15 is 0 Å². The number of hydrogen-bond donors (Lipinski definition) is 0. The molecule has 0 N–H and O–H groups in total. The molecule has 0 aliphatic carbocycles. The normalized spacial score (nSPS) is 14.6. The summed E-state index contributed by atoms with van der Waals surface area (Å²) in [6.45, 7) is 1.07. The molecule has 0 heterocycles. The van der Waals surface area contributed by atoms with E-state index < -0.39 is 12.1 Å². The predicted molar refractivity (Wildman–Crippen MR) is 28.7 cm³/mol. The SMILES string of the molecule is C#CC[C@@H](C)C(F)(F)F. The van der Waals surface area contributed by atoms with E-state index in [0.717, 1.165) is 6.92 Å². The van der Waals surface area contributed by atoms with Crippen LogP contribution in [-0.4, -0.2) is 6.18 Å². The van der Waals surface area contributed by atoms with E-state index in [1.54, 1.807) is 0 Å². The lowest BCUT2D eigenvalue weighted by molar-refractivity contribution is -0.167. The Kier molecular flexibility index (Phi) is 2.57. The minimum atomic E-state index is -4.13. The first-order chi connectivity index (χ1) is 3.98. The largest absolute Gasteiger partial charge is 0.392 e. The van der Waals surface area contributed by atoms with Crippen molar-refractivity contribution in [1.29, 1.82) is 0 Å². The molecule has 0 radical (unpaired) electrons. The molecule has 1 atom stereocenters. The summed E-state index contributed by atoms with van der Waals surface area (Å²) in [6.07, 6.45) is 0.311. The van der Waals surface area contributed by atoms with Gasteiger partial charge in [0.15, 0.2) is 0 Å². The van der Waals surface area contributed by atoms with Gasteiger partial charge in [0.2, 0.25) is 0 Å². The zero-order valence-electron chi connectivity index (χ0n) is 5.00. The Labute approximate surface area is 52.1 Å². The maximum atomic E-state index is 11.5. The standard InChI is InChI=1S/C6H7F3/c1-3-4-5(2)6(7,8)9/h1,5H,4H2,2H3/t5-/m1/s1. The van der Waals surface area contributed by atoms with Gasteiger partial charge in [0.25, 0.3) is 0 Å². The van der Waals surface area contributed by atoms with Gasteiger partial charge in [-0.3, -0.25) is 0 Å². The van der Waals surface area contributed by atoms with Crippen LogP contribution < -0.4 is 0 Å². The first kappa shape index (κ1) is 8.35. The van der Waals surface area contributed by atoms with Crippen molar-refractivity contribution in [2.24, 2.45) is 5.92 Å². The Morgan fingerprint density at radius 3 is 2.11 bits per heavy atom. The van der Waals surface area contributed by atoms with Gasteiger partial charge >= 0.3 is 6.18 Å². The zero-order valence-corrected chi connectivity index (χ0v) is 5.00. The average molecular weight is 136 g/mol. The average Bonchev–Trinajstić information content (AvgIpc) is 1.64. The third-order valence-electron chi connectivity index (χ3n) is 0.983. The molecule has 52 valence electrons. The van der Waals surface area contributed by atoms with Gasteiger partial charge in [-0.25, -0.2) is 0 Å². The van der Waals surface area contributed by atoms with Crippen LogP contribution in [0.25, 0.3) is 0 Å². The van der Waals surface area contributed by atoms with E-state index in [4.69, 9.17) is 0 Å². The van der Waals surface area contributed by atoms with E-state index in [-0.39, 0.29) is 6.42 Å². The van der Waals surface area contributed by atoms with Crippen LogP contribution in [-0.2, 0) is 0 Å². The zero-order chi connectivity index (χ0) is 7.49. The molecule has 0 nitrogen and oxygen atoms in total. The predicted octanol–water partition coefficient (Wildman–Crippen LogP) is 2.21. The van der Waals surface area contributed by atoms with Crippen molar-refractivity contribution in [3.63, 3.8) is 0 Å². The Hall–Kier alpha value is -0.650. The number of hydrogen-bond acceptors (Lipinski definition) is 0. The maximum Gasteiger partial charge on any atom is 0.392 e. The summed E-state index contributed by atoms with van der Waals surface area (Å²) in [6, 6.07) is 0. The molecular formula is C6H7F3. The van der Waals surface area contributed by atoms with E-state index in [2.05, 4.69) is 6.42 Å². The lowest BCUT2D eigenvalue weighted by Gasteiger charge is -2.11. The van der Waals surface area contributed by atoms with Gasteiger partial charge < -0.3 is 0 Å². The fourth-order valence-electron chi connectivity index (χ4n) is 0.293. The van der Waals surface area contributed by atoms with E-state index in [0.29, 0.717) is 0 Å². The fourth-order valence-corrected chi connectivity index (χ4v) is 0.293. The minimum absolute atomic E-state index is 0.233. The quantitative estimate of drug-likeness (QED) is 0.485. The summed E-state index contributed by atoms with van der Waals surface area (Å²) in [5.74, 6) is 0.581. The second-order valence-electron chi connectivity index (χ2n) is 1.85. The highest BCUT2D eigenvalue weighted by Crippen LogP contribution is 2.27. The molecule has 3 heteroatoms. The number of alkyl halides is 3. The molecule has 0 aromatic rings. The fraction of sp³-hybridized carbons (Fsp3) is 0.667. The molecule has 0 bridgehead atoms. The summed E-state index contributed by atoms with van der Waals surface area (Å²) in [4.78, 5) is 0. The Morgan fingerprint density at radius 1 is 1.56 bits per heavy atom. The Balaban J connectivity index is 3.76. The highest BCUT2D eigenvalue weighted by Gasteiger charge is 2.34. The highest BCUT2D eigenvalue weighted by molar-refractivity contribution is 4.87. The lowest BCUT2D eigenvalue weighted by atomic mass is 10.1. The van der Waals surface area contributed by atoms with Gasteiger partial charge in [0, 0.05) is 6.42 Å². The minimum Gasteiger partial charge on any atom is -0.171 e. The molecule has 0 fully saturated rings. The Bertz CT molecular complexity index is 117. The van der Waals surface area contributed by atoms with Crippen LogP contribution in [0.2, 0.25) is 0 Å².